The van der Waals surface area contributed by atoms with Crippen LogP contribution >= 0.6 is 59.1 Å². The standard InChI is InChI=1S/C33H25Br3N2O5S/c1-2-15-10-17(34)11-19-20(33(42)43-14-24(39)25-4-3-9-44-25)13-23(37-30(15)19)16-5-7-18(8-6-16)38-31(40)26-21-12-22(27(26)32(38)41)29(36)28(21)35/h3-11,13,21-22,26-29H,2,12,14H2,1H3. The van der Waals surface area contributed by atoms with Gasteiger partial charge in [-0.3, -0.25) is 19.3 Å². The number of hydrogen-bond donors (Lipinski definition) is 0. The molecule has 11 heteroatoms. The predicted octanol–water partition coefficient (Wildman–Crippen LogP) is 7.61. The number of imide groups is 1. The fourth-order valence-electron chi connectivity index (χ4n) is 7.05. The Morgan fingerprint density at radius 3 is 2.30 bits per heavy atom. The van der Waals surface area contributed by atoms with E-state index >= 15 is 0 Å². The predicted molar refractivity (Wildman–Crippen MR) is 180 cm³/mol. The number of esters is 1. The molecule has 6 atom stereocenters. The Kier molecular flexibility index (Phi) is 7.87. The van der Waals surface area contributed by atoms with Crippen LogP contribution < -0.4 is 4.90 Å². The molecule has 1 aliphatic heterocycles. The number of fused-ring (bicyclic) bond motifs is 6. The fraction of sp³-hybridized carbons (Fsp3) is 0.303. The third kappa shape index (κ3) is 4.82. The molecule has 2 saturated carbocycles. The number of ketones is 1. The van der Waals surface area contributed by atoms with Crippen molar-refractivity contribution in [2.24, 2.45) is 23.7 Å². The Morgan fingerprint density at radius 2 is 1.68 bits per heavy atom. The van der Waals surface area contributed by atoms with Crippen molar-refractivity contribution in [2.45, 2.75) is 29.4 Å². The van der Waals surface area contributed by atoms with Crippen molar-refractivity contribution in [1.29, 1.82) is 0 Å². The third-order valence-electron chi connectivity index (χ3n) is 9.10. The minimum absolute atomic E-state index is 0.131. The zero-order valence-corrected chi connectivity index (χ0v) is 28.9. The lowest BCUT2D eigenvalue weighted by molar-refractivity contribution is -0.123. The molecule has 2 aliphatic carbocycles. The number of Topliss-reactive ketones (excluding diaryl/α,β-unsaturated/α-hetero) is 1. The SMILES string of the molecule is CCc1cc(Br)cc2c(C(=O)OCC(=O)c3cccs3)cc(-c3ccc(N4C(=O)C5C6CC(C(Br)C6Br)C5C4=O)cc3)nc12. The van der Waals surface area contributed by atoms with E-state index in [-0.39, 0.29) is 57.5 Å². The molecule has 3 fully saturated rings. The van der Waals surface area contributed by atoms with E-state index < -0.39 is 5.97 Å². The molecule has 3 heterocycles. The average molecular weight is 801 g/mol. The molecule has 0 spiro atoms. The molecule has 7 rings (SSSR count). The van der Waals surface area contributed by atoms with E-state index in [1.54, 1.807) is 35.7 Å². The molecule has 4 aromatic rings. The summed E-state index contributed by atoms with van der Waals surface area (Å²) in [6.45, 7) is 1.65. The number of ether oxygens (including phenoxy) is 1. The molecule has 3 aliphatic rings. The van der Waals surface area contributed by atoms with Gasteiger partial charge < -0.3 is 4.74 Å². The third-order valence-corrected chi connectivity index (χ3v) is 13.7. The van der Waals surface area contributed by atoms with Crippen LogP contribution in [0.1, 0.15) is 38.9 Å². The number of pyridine rings is 1. The quantitative estimate of drug-likeness (QED) is 0.0828. The Hall–Kier alpha value is -2.73. The highest BCUT2D eigenvalue weighted by molar-refractivity contribution is 9.12. The van der Waals surface area contributed by atoms with Crippen LogP contribution in [0.15, 0.2) is 64.5 Å². The van der Waals surface area contributed by atoms with E-state index in [1.807, 2.05) is 31.2 Å². The molecule has 44 heavy (non-hydrogen) atoms. The molecule has 0 radical (unpaired) electrons. The van der Waals surface area contributed by atoms with Crippen LogP contribution in [-0.2, 0) is 20.7 Å². The highest BCUT2D eigenvalue weighted by Gasteiger charge is 2.66. The summed E-state index contributed by atoms with van der Waals surface area (Å²) in [7, 11) is 0. The minimum atomic E-state index is -0.620. The topological polar surface area (TPSA) is 93.6 Å². The zero-order valence-electron chi connectivity index (χ0n) is 23.3. The second-order valence-corrected chi connectivity index (χ2v) is 15.4. The number of benzene rings is 2. The van der Waals surface area contributed by atoms with Crippen molar-refractivity contribution in [3.63, 3.8) is 0 Å². The number of alkyl halides is 2. The Bertz CT molecular complexity index is 1810. The number of halogens is 3. The summed E-state index contributed by atoms with van der Waals surface area (Å²) in [6, 6.07) is 16.1. The molecule has 2 bridgehead atoms. The maximum absolute atomic E-state index is 13.5. The lowest BCUT2D eigenvalue weighted by Gasteiger charge is -2.28. The normalized spacial score (nSPS) is 25.6. The molecular formula is C33H25Br3N2O5S. The number of carbonyl (C=O) groups is 4. The lowest BCUT2D eigenvalue weighted by Crippen LogP contribution is -2.37. The van der Waals surface area contributed by atoms with E-state index in [1.165, 1.54) is 16.2 Å². The van der Waals surface area contributed by atoms with E-state index in [9.17, 15) is 19.2 Å². The summed E-state index contributed by atoms with van der Waals surface area (Å²) >= 11 is 12.3. The van der Waals surface area contributed by atoms with Gasteiger partial charge in [-0.2, -0.15) is 0 Å². The van der Waals surface area contributed by atoms with Crippen LogP contribution in [0.4, 0.5) is 5.69 Å². The molecule has 7 nitrogen and oxygen atoms in total. The number of amides is 2. The van der Waals surface area contributed by atoms with Crippen LogP contribution in [0.3, 0.4) is 0 Å². The van der Waals surface area contributed by atoms with Crippen molar-refractivity contribution in [1.82, 2.24) is 4.98 Å². The van der Waals surface area contributed by atoms with Crippen LogP contribution in [0.25, 0.3) is 22.2 Å². The Labute approximate surface area is 282 Å². The highest BCUT2D eigenvalue weighted by atomic mass is 79.9. The summed E-state index contributed by atoms with van der Waals surface area (Å²) in [5.41, 5.74) is 3.68. The maximum Gasteiger partial charge on any atom is 0.339 e. The van der Waals surface area contributed by atoms with E-state index in [0.29, 0.717) is 44.7 Å². The van der Waals surface area contributed by atoms with Gasteiger partial charge in [-0.25, -0.2) is 9.78 Å². The smallest absolute Gasteiger partial charge is 0.339 e. The van der Waals surface area contributed by atoms with Crippen molar-refractivity contribution in [3.05, 3.63) is 80.5 Å². The number of anilines is 1. The van der Waals surface area contributed by atoms with Crippen LogP contribution in [0, 0.1) is 23.7 Å². The van der Waals surface area contributed by atoms with Gasteiger partial charge in [-0.1, -0.05) is 72.9 Å². The molecular weight excluding hydrogens is 776 g/mol. The molecule has 0 N–H and O–H groups in total. The largest absolute Gasteiger partial charge is 0.454 e. The summed E-state index contributed by atoms with van der Waals surface area (Å²) in [5, 5.41) is 2.42. The number of nitrogens with zero attached hydrogens (tertiary/aromatic N) is 2. The van der Waals surface area contributed by atoms with Gasteiger partial charge in [0.2, 0.25) is 17.6 Å². The Morgan fingerprint density at radius 1 is 1.00 bits per heavy atom. The van der Waals surface area contributed by atoms with Gasteiger partial charge in [0.25, 0.3) is 0 Å². The first-order valence-corrected chi connectivity index (χ1v) is 17.8. The molecule has 1 saturated heterocycles. The monoisotopic (exact) mass is 798 g/mol. The number of rotatable bonds is 7. The van der Waals surface area contributed by atoms with Gasteiger partial charge in [0.15, 0.2) is 6.61 Å². The summed E-state index contributed by atoms with van der Waals surface area (Å²) in [6.07, 6.45) is 1.56. The summed E-state index contributed by atoms with van der Waals surface area (Å²) in [4.78, 5) is 60.2. The number of carbonyl (C=O) groups excluding carboxylic acids is 4. The van der Waals surface area contributed by atoms with Crippen molar-refractivity contribution in [2.75, 3.05) is 11.5 Å². The average Bonchev–Trinajstić information content (AvgIpc) is 3.80. The highest BCUT2D eigenvalue weighted by Crippen LogP contribution is 2.60. The van der Waals surface area contributed by atoms with Gasteiger partial charge in [-0.05, 0) is 72.0 Å². The van der Waals surface area contributed by atoms with E-state index in [4.69, 9.17) is 9.72 Å². The number of aryl methyl sites for hydroxylation is 1. The van der Waals surface area contributed by atoms with E-state index in [2.05, 4.69) is 47.8 Å². The first-order valence-electron chi connectivity index (χ1n) is 14.3. The summed E-state index contributed by atoms with van der Waals surface area (Å²) in [5.74, 6) is -1.45. The van der Waals surface area contributed by atoms with Crippen molar-refractivity contribution in [3.8, 4) is 11.3 Å². The van der Waals surface area contributed by atoms with Crippen molar-refractivity contribution < 1.29 is 23.9 Å². The van der Waals surface area contributed by atoms with Crippen LogP contribution in [0.5, 0.6) is 0 Å². The molecule has 2 aromatic heterocycles. The molecule has 6 unspecified atom stereocenters. The molecule has 224 valence electrons. The van der Waals surface area contributed by atoms with Gasteiger partial charge in [0, 0.05) is 25.1 Å². The lowest BCUT2D eigenvalue weighted by atomic mass is 9.81. The first kappa shape index (κ1) is 30.0. The van der Waals surface area contributed by atoms with Crippen LogP contribution in [-0.4, -0.2) is 44.8 Å². The minimum Gasteiger partial charge on any atom is -0.454 e. The second kappa shape index (κ2) is 11.6. The number of thiophene rings is 1. The second-order valence-electron chi connectivity index (χ2n) is 11.4. The number of hydrogen-bond acceptors (Lipinski definition) is 7. The van der Waals surface area contributed by atoms with Gasteiger partial charge in [0.05, 0.1) is 39.2 Å². The first-order chi connectivity index (χ1) is 21.2. The summed E-state index contributed by atoms with van der Waals surface area (Å²) < 4.78 is 6.30. The van der Waals surface area contributed by atoms with Gasteiger partial charge in [-0.15, -0.1) is 11.3 Å². The maximum atomic E-state index is 13.5. The van der Waals surface area contributed by atoms with Gasteiger partial charge >= 0.3 is 5.97 Å². The van der Waals surface area contributed by atoms with Gasteiger partial charge in [0.1, 0.15) is 0 Å². The Balaban J connectivity index is 1.21. The van der Waals surface area contributed by atoms with Crippen LogP contribution in [0.2, 0.25) is 0 Å². The molecule has 2 aromatic carbocycles. The fourth-order valence-corrected chi connectivity index (χ4v) is 10.1. The van der Waals surface area contributed by atoms with E-state index in [0.717, 1.165) is 16.5 Å². The molecule has 2 amide bonds. The number of aromatic nitrogens is 1. The van der Waals surface area contributed by atoms with Crippen molar-refractivity contribution >= 4 is 99.3 Å². The zero-order chi connectivity index (χ0) is 30.9.